The standard InChI is InChI=1S/C18H30ClN5S/c1-20-18(21-8-12-24-11-3-10-23(2)13-14-24)22-9-15-25-17-6-4-16(19)5-7-17/h4-7H,3,8-15H2,1-2H3,(H2,20,21,22). The summed E-state index contributed by atoms with van der Waals surface area (Å²) >= 11 is 7.72. The highest BCUT2D eigenvalue weighted by atomic mass is 35.5. The summed E-state index contributed by atoms with van der Waals surface area (Å²) in [6.07, 6.45) is 1.26. The Hall–Kier alpha value is -0.950. The fraction of sp³-hybridized carbons (Fsp3) is 0.611. The fourth-order valence-electron chi connectivity index (χ4n) is 2.75. The van der Waals surface area contributed by atoms with Crippen LogP contribution in [0.25, 0.3) is 0 Å². The largest absolute Gasteiger partial charge is 0.356 e. The number of benzene rings is 1. The van der Waals surface area contributed by atoms with Crippen LogP contribution >= 0.6 is 23.4 Å². The van der Waals surface area contributed by atoms with Crippen molar-refractivity contribution in [1.29, 1.82) is 0 Å². The zero-order valence-electron chi connectivity index (χ0n) is 15.3. The number of likely N-dealkylation sites (N-methyl/N-ethyl adjacent to an activating group) is 1. The summed E-state index contributed by atoms with van der Waals surface area (Å²) in [6.45, 7) is 7.58. The minimum atomic E-state index is 0.781. The van der Waals surface area contributed by atoms with Gasteiger partial charge in [0.25, 0.3) is 0 Å². The van der Waals surface area contributed by atoms with Crippen LogP contribution in [0, 0.1) is 0 Å². The molecule has 1 aromatic carbocycles. The molecular weight excluding hydrogens is 354 g/mol. The van der Waals surface area contributed by atoms with E-state index in [1.54, 1.807) is 0 Å². The van der Waals surface area contributed by atoms with Crippen molar-refractivity contribution >= 4 is 29.3 Å². The third-order valence-corrected chi connectivity index (χ3v) is 5.50. The third-order valence-electron chi connectivity index (χ3n) is 4.23. The number of guanidine groups is 1. The monoisotopic (exact) mass is 383 g/mol. The molecule has 5 nitrogen and oxygen atoms in total. The Labute approximate surface area is 161 Å². The SMILES string of the molecule is CN=C(NCCSc1ccc(Cl)cc1)NCCN1CCCN(C)CC1. The predicted molar refractivity (Wildman–Crippen MR) is 110 cm³/mol. The zero-order valence-corrected chi connectivity index (χ0v) is 16.9. The van der Waals surface area contributed by atoms with E-state index in [0.29, 0.717) is 0 Å². The first-order valence-electron chi connectivity index (χ1n) is 8.91. The first kappa shape index (κ1) is 20.4. The van der Waals surface area contributed by atoms with Crippen LogP contribution in [0.4, 0.5) is 0 Å². The number of halogens is 1. The molecule has 1 aliphatic heterocycles. The smallest absolute Gasteiger partial charge is 0.191 e. The van der Waals surface area contributed by atoms with Crippen LogP contribution in [0.3, 0.4) is 0 Å². The highest BCUT2D eigenvalue weighted by Crippen LogP contribution is 2.19. The lowest BCUT2D eigenvalue weighted by molar-refractivity contribution is 0.280. The average molecular weight is 384 g/mol. The van der Waals surface area contributed by atoms with Gasteiger partial charge in [-0.25, -0.2) is 0 Å². The topological polar surface area (TPSA) is 42.9 Å². The van der Waals surface area contributed by atoms with Gasteiger partial charge in [-0.2, -0.15) is 0 Å². The van der Waals surface area contributed by atoms with E-state index in [4.69, 9.17) is 11.6 Å². The van der Waals surface area contributed by atoms with Crippen molar-refractivity contribution in [1.82, 2.24) is 20.4 Å². The van der Waals surface area contributed by atoms with Crippen LogP contribution in [0.5, 0.6) is 0 Å². The minimum Gasteiger partial charge on any atom is -0.356 e. The summed E-state index contributed by atoms with van der Waals surface area (Å²) in [4.78, 5) is 10.5. The Balaban J connectivity index is 1.58. The molecule has 1 aromatic rings. The lowest BCUT2D eigenvalue weighted by atomic mass is 10.4. The van der Waals surface area contributed by atoms with E-state index in [0.717, 1.165) is 49.5 Å². The molecule has 1 fully saturated rings. The number of hydrogen-bond acceptors (Lipinski definition) is 4. The maximum absolute atomic E-state index is 5.90. The second-order valence-electron chi connectivity index (χ2n) is 6.23. The number of nitrogens with one attached hydrogen (secondary N) is 2. The molecule has 0 atom stereocenters. The van der Waals surface area contributed by atoms with Gasteiger partial charge < -0.3 is 20.4 Å². The van der Waals surface area contributed by atoms with Gasteiger partial charge in [0.15, 0.2) is 5.96 Å². The lowest BCUT2D eigenvalue weighted by Crippen LogP contribution is -2.42. The van der Waals surface area contributed by atoms with Crippen LogP contribution in [-0.2, 0) is 0 Å². The Morgan fingerprint density at radius 1 is 1.12 bits per heavy atom. The van der Waals surface area contributed by atoms with Crippen molar-refractivity contribution in [3.05, 3.63) is 29.3 Å². The Morgan fingerprint density at radius 3 is 2.64 bits per heavy atom. The van der Waals surface area contributed by atoms with Crippen LogP contribution in [0.15, 0.2) is 34.2 Å². The van der Waals surface area contributed by atoms with Crippen molar-refractivity contribution in [2.45, 2.75) is 11.3 Å². The number of thioether (sulfide) groups is 1. The second kappa shape index (κ2) is 11.6. The van der Waals surface area contributed by atoms with Crippen molar-refractivity contribution in [3.63, 3.8) is 0 Å². The summed E-state index contributed by atoms with van der Waals surface area (Å²) in [5, 5.41) is 7.57. The molecule has 0 bridgehead atoms. The maximum Gasteiger partial charge on any atom is 0.191 e. The van der Waals surface area contributed by atoms with Gasteiger partial charge in [-0.15, -0.1) is 11.8 Å². The molecule has 2 rings (SSSR count). The third kappa shape index (κ3) is 8.31. The van der Waals surface area contributed by atoms with E-state index in [1.165, 1.54) is 24.4 Å². The highest BCUT2D eigenvalue weighted by molar-refractivity contribution is 7.99. The van der Waals surface area contributed by atoms with Gasteiger partial charge in [-0.05, 0) is 50.8 Å². The van der Waals surface area contributed by atoms with Crippen molar-refractivity contribution in [2.75, 3.05) is 65.7 Å². The van der Waals surface area contributed by atoms with Crippen LogP contribution in [0.2, 0.25) is 5.02 Å². The van der Waals surface area contributed by atoms with Crippen molar-refractivity contribution < 1.29 is 0 Å². The molecule has 140 valence electrons. The normalized spacial score (nSPS) is 17.3. The Morgan fingerprint density at radius 2 is 1.88 bits per heavy atom. The van der Waals surface area contributed by atoms with Crippen LogP contribution in [-0.4, -0.2) is 81.4 Å². The van der Waals surface area contributed by atoms with E-state index in [1.807, 2.05) is 30.9 Å². The van der Waals surface area contributed by atoms with Crippen molar-refractivity contribution in [2.24, 2.45) is 4.99 Å². The van der Waals surface area contributed by atoms with Gasteiger partial charge in [0.2, 0.25) is 0 Å². The molecule has 0 unspecified atom stereocenters. The van der Waals surface area contributed by atoms with Gasteiger partial charge in [0.05, 0.1) is 0 Å². The molecule has 1 saturated heterocycles. The molecule has 7 heteroatoms. The van der Waals surface area contributed by atoms with E-state index in [2.05, 4.69) is 44.6 Å². The molecule has 0 radical (unpaired) electrons. The first-order chi connectivity index (χ1) is 12.2. The molecule has 1 heterocycles. The summed E-state index contributed by atoms with van der Waals surface area (Å²) in [6, 6.07) is 7.97. The summed E-state index contributed by atoms with van der Waals surface area (Å²) in [7, 11) is 4.03. The molecule has 0 aromatic heterocycles. The number of nitrogens with zero attached hydrogens (tertiary/aromatic N) is 3. The Bertz CT molecular complexity index is 523. The highest BCUT2D eigenvalue weighted by Gasteiger charge is 2.11. The quantitative estimate of drug-likeness (QED) is 0.327. The van der Waals surface area contributed by atoms with Crippen LogP contribution in [0.1, 0.15) is 6.42 Å². The number of rotatable bonds is 7. The Kier molecular flexibility index (Phi) is 9.47. The van der Waals surface area contributed by atoms with Gasteiger partial charge in [0, 0.05) is 55.4 Å². The van der Waals surface area contributed by atoms with Crippen molar-refractivity contribution in [3.8, 4) is 0 Å². The molecule has 2 N–H and O–H groups in total. The number of aliphatic imine (C=N–C) groups is 1. The molecule has 0 aliphatic carbocycles. The minimum absolute atomic E-state index is 0.781. The predicted octanol–water partition coefficient (Wildman–Crippen LogP) is 2.23. The van der Waals surface area contributed by atoms with E-state index < -0.39 is 0 Å². The lowest BCUT2D eigenvalue weighted by Gasteiger charge is -2.21. The van der Waals surface area contributed by atoms with E-state index in [9.17, 15) is 0 Å². The molecule has 0 saturated carbocycles. The zero-order chi connectivity index (χ0) is 17.9. The van der Waals surface area contributed by atoms with Gasteiger partial charge in [0.1, 0.15) is 0 Å². The average Bonchev–Trinajstić information content (AvgIpc) is 2.83. The van der Waals surface area contributed by atoms with Gasteiger partial charge in [-0.1, -0.05) is 11.6 Å². The summed E-state index contributed by atoms with van der Waals surface area (Å²) in [5.74, 6) is 1.87. The molecular formula is C18H30ClN5S. The summed E-state index contributed by atoms with van der Waals surface area (Å²) in [5.41, 5.74) is 0. The second-order valence-corrected chi connectivity index (χ2v) is 7.83. The molecule has 25 heavy (non-hydrogen) atoms. The van der Waals surface area contributed by atoms with E-state index >= 15 is 0 Å². The van der Waals surface area contributed by atoms with Gasteiger partial charge in [-0.3, -0.25) is 4.99 Å². The van der Waals surface area contributed by atoms with E-state index in [-0.39, 0.29) is 0 Å². The fourth-order valence-corrected chi connectivity index (χ4v) is 3.64. The summed E-state index contributed by atoms with van der Waals surface area (Å²) < 4.78 is 0. The maximum atomic E-state index is 5.90. The molecule has 0 amide bonds. The molecule has 1 aliphatic rings. The number of hydrogen-bond donors (Lipinski definition) is 2. The molecule has 0 spiro atoms. The first-order valence-corrected chi connectivity index (χ1v) is 10.3. The van der Waals surface area contributed by atoms with Gasteiger partial charge >= 0.3 is 0 Å². The van der Waals surface area contributed by atoms with Crippen LogP contribution < -0.4 is 10.6 Å².